The van der Waals surface area contributed by atoms with E-state index >= 15 is 0 Å². The number of nitrogens with zero attached hydrogens (tertiary/aromatic N) is 1. The van der Waals surface area contributed by atoms with Gasteiger partial charge in [0, 0.05) is 25.9 Å². The smallest absolute Gasteiger partial charge is 0.253 e. The molecule has 0 aliphatic heterocycles. The van der Waals surface area contributed by atoms with Crippen molar-refractivity contribution in [1.29, 1.82) is 0 Å². The number of nitrogens with one attached hydrogen (secondary N) is 1. The third kappa shape index (κ3) is 5.98. The van der Waals surface area contributed by atoms with Crippen LogP contribution in [0.2, 0.25) is 0 Å². The Labute approximate surface area is 187 Å². The van der Waals surface area contributed by atoms with Crippen molar-refractivity contribution in [3.05, 3.63) is 93.9 Å². The molecule has 0 fully saturated rings. The molecule has 3 rings (SSSR count). The van der Waals surface area contributed by atoms with Crippen molar-refractivity contribution in [2.45, 2.75) is 19.0 Å². The quantitative estimate of drug-likeness (QED) is 0.528. The summed E-state index contributed by atoms with van der Waals surface area (Å²) in [6, 6.07) is 18.0. The number of hydrogen-bond acceptors (Lipinski definition) is 5. The maximum atomic E-state index is 13.1. The van der Waals surface area contributed by atoms with Crippen molar-refractivity contribution in [1.82, 2.24) is 9.88 Å². The van der Waals surface area contributed by atoms with Gasteiger partial charge in [0.2, 0.25) is 0 Å². The summed E-state index contributed by atoms with van der Waals surface area (Å²) in [5, 5.41) is 3.11. The molecule has 168 valence electrons. The van der Waals surface area contributed by atoms with Gasteiger partial charge in [0.05, 0.1) is 32.4 Å². The molecule has 32 heavy (non-hydrogen) atoms. The normalized spacial score (nSPS) is 11.6. The highest BCUT2D eigenvalue weighted by atomic mass is 16.5. The van der Waals surface area contributed by atoms with E-state index in [9.17, 15) is 9.59 Å². The van der Waals surface area contributed by atoms with Crippen molar-refractivity contribution >= 4 is 5.91 Å². The number of rotatable bonds is 10. The molecule has 1 aromatic heterocycles. The van der Waals surface area contributed by atoms with Crippen LogP contribution in [0.5, 0.6) is 11.5 Å². The zero-order valence-corrected chi connectivity index (χ0v) is 18.5. The standard InChI is InChI=1S/C25H28N2O5/c1-30-15-14-27-17-20(8-13-24(27)28)25(29)26-23(19-6-11-22(32-3)12-7-19)16-18-4-9-21(31-2)10-5-18/h4-13,17,23H,14-16H2,1-3H3,(H,26,29)/t23-/m1/s1. The monoisotopic (exact) mass is 436 g/mol. The van der Waals surface area contributed by atoms with Gasteiger partial charge in [-0.2, -0.15) is 0 Å². The molecule has 3 aromatic rings. The summed E-state index contributed by atoms with van der Waals surface area (Å²) in [6.07, 6.45) is 2.15. The Morgan fingerprint density at radius 2 is 1.53 bits per heavy atom. The number of amides is 1. The first-order valence-corrected chi connectivity index (χ1v) is 10.3. The Kier molecular flexibility index (Phi) is 8.05. The molecule has 0 bridgehead atoms. The third-order valence-electron chi connectivity index (χ3n) is 5.20. The van der Waals surface area contributed by atoms with Crippen LogP contribution in [0.1, 0.15) is 27.5 Å². The van der Waals surface area contributed by atoms with E-state index < -0.39 is 0 Å². The van der Waals surface area contributed by atoms with Crippen LogP contribution in [0, 0.1) is 0 Å². The molecule has 1 atom stereocenters. The van der Waals surface area contributed by atoms with Gasteiger partial charge in [-0.3, -0.25) is 9.59 Å². The number of aromatic nitrogens is 1. The van der Waals surface area contributed by atoms with Crippen LogP contribution in [0.3, 0.4) is 0 Å². The molecule has 0 saturated carbocycles. The number of hydrogen-bond donors (Lipinski definition) is 1. The molecule has 7 heteroatoms. The lowest BCUT2D eigenvalue weighted by Crippen LogP contribution is -2.31. The first-order valence-electron chi connectivity index (χ1n) is 10.3. The topological polar surface area (TPSA) is 78.8 Å². The first-order chi connectivity index (χ1) is 15.5. The highest BCUT2D eigenvalue weighted by molar-refractivity contribution is 5.94. The fraction of sp³-hybridized carbons (Fsp3) is 0.280. The van der Waals surface area contributed by atoms with Gasteiger partial charge in [0.1, 0.15) is 11.5 Å². The van der Waals surface area contributed by atoms with E-state index in [1.807, 2.05) is 48.5 Å². The van der Waals surface area contributed by atoms with Crippen LogP contribution in [0.4, 0.5) is 0 Å². The Morgan fingerprint density at radius 3 is 2.12 bits per heavy atom. The Bertz CT molecular complexity index is 1070. The molecule has 0 aliphatic rings. The lowest BCUT2D eigenvalue weighted by Gasteiger charge is -2.20. The molecular formula is C25H28N2O5. The van der Waals surface area contributed by atoms with E-state index in [0.717, 1.165) is 22.6 Å². The molecule has 0 aliphatic carbocycles. The highest BCUT2D eigenvalue weighted by Crippen LogP contribution is 2.23. The summed E-state index contributed by atoms with van der Waals surface area (Å²) >= 11 is 0. The van der Waals surface area contributed by atoms with Gasteiger partial charge in [0.15, 0.2) is 0 Å². The Morgan fingerprint density at radius 1 is 0.906 bits per heavy atom. The van der Waals surface area contributed by atoms with Crippen molar-refractivity contribution in [2.75, 3.05) is 27.9 Å². The van der Waals surface area contributed by atoms with Gasteiger partial charge in [-0.25, -0.2) is 0 Å². The number of benzene rings is 2. The number of ether oxygens (including phenoxy) is 3. The first kappa shape index (κ1) is 23.1. The van der Waals surface area contributed by atoms with E-state index in [-0.39, 0.29) is 17.5 Å². The predicted octanol–water partition coefficient (Wildman–Crippen LogP) is 3.23. The molecule has 0 unspecified atom stereocenters. The predicted molar refractivity (Wildman–Crippen MR) is 122 cm³/mol. The molecule has 0 saturated heterocycles. The van der Waals surface area contributed by atoms with Crippen molar-refractivity contribution < 1.29 is 19.0 Å². The van der Waals surface area contributed by atoms with E-state index in [1.54, 1.807) is 33.6 Å². The van der Waals surface area contributed by atoms with E-state index in [4.69, 9.17) is 14.2 Å². The van der Waals surface area contributed by atoms with Crippen LogP contribution in [-0.4, -0.2) is 38.4 Å². The summed E-state index contributed by atoms with van der Waals surface area (Å²) in [7, 11) is 4.81. The molecule has 0 spiro atoms. The van der Waals surface area contributed by atoms with Gasteiger partial charge in [-0.05, 0) is 47.9 Å². The minimum absolute atomic E-state index is 0.177. The minimum Gasteiger partial charge on any atom is -0.497 e. The lowest BCUT2D eigenvalue weighted by atomic mass is 9.98. The van der Waals surface area contributed by atoms with Gasteiger partial charge >= 0.3 is 0 Å². The molecule has 7 nitrogen and oxygen atoms in total. The van der Waals surface area contributed by atoms with Gasteiger partial charge in [-0.15, -0.1) is 0 Å². The maximum Gasteiger partial charge on any atom is 0.253 e. The second-order valence-corrected chi connectivity index (χ2v) is 7.29. The molecule has 1 N–H and O–H groups in total. The van der Waals surface area contributed by atoms with Crippen molar-refractivity contribution in [3.8, 4) is 11.5 Å². The van der Waals surface area contributed by atoms with Crippen LogP contribution in [0.15, 0.2) is 71.7 Å². The SMILES string of the molecule is COCCn1cc(C(=O)N[C@H](Cc2ccc(OC)cc2)c2ccc(OC)cc2)ccc1=O. The highest BCUT2D eigenvalue weighted by Gasteiger charge is 2.18. The van der Waals surface area contributed by atoms with Gasteiger partial charge in [-0.1, -0.05) is 24.3 Å². The number of pyridine rings is 1. The van der Waals surface area contributed by atoms with E-state index in [0.29, 0.717) is 25.1 Å². The number of carbonyl (C=O) groups is 1. The molecule has 1 heterocycles. The van der Waals surface area contributed by atoms with Crippen molar-refractivity contribution in [3.63, 3.8) is 0 Å². The summed E-state index contributed by atoms with van der Waals surface area (Å²) in [5.74, 6) is 1.26. The molecule has 2 aromatic carbocycles. The maximum absolute atomic E-state index is 13.1. The fourth-order valence-electron chi connectivity index (χ4n) is 3.36. The second-order valence-electron chi connectivity index (χ2n) is 7.29. The second kappa shape index (κ2) is 11.2. The summed E-state index contributed by atoms with van der Waals surface area (Å²) in [5.41, 5.74) is 2.23. The van der Waals surface area contributed by atoms with Crippen molar-refractivity contribution in [2.24, 2.45) is 0 Å². The number of carbonyl (C=O) groups excluding carboxylic acids is 1. The third-order valence-corrected chi connectivity index (χ3v) is 5.20. The molecular weight excluding hydrogens is 408 g/mol. The number of methoxy groups -OCH3 is 3. The van der Waals surface area contributed by atoms with Crippen LogP contribution in [0.25, 0.3) is 0 Å². The van der Waals surface area contributed by atoms with Crippen LogP contribution < -0.4 is 20.3 Å². The van der Waals surface area contributed by atoms with Gasteiger partial charge < -0.3 is 24.1 Å². The lowest BCUT2D eigenvalue weighted by molar-refractivity contribution is 0.0935. The summed E-state index contributed by atoms with van der Waals surface area (Å²) in [6.45, 7) is 0.765. The largest absolute Gasteiger partial charge is 0.497 e. The zero-order valence-electron chi connectivity index (χ0n) is 18.5. The Hall–Kier alpha value is -3.58. The average Bonchev–Trinajstić information content (AvgIpc) is 2.83. The van der Waals surface area contributed by atoms with E-state index in [1.165, 1.54) is 10.6 Å². The average molecular weight is 437 g/mol. The molecule has 0 radical (unpaired) electrons. The Balaban J connectivity index is 1.85. The van der Waals surface area contributed by atoms with Crippen LogP contribution in [-0.2, 0) is 17.7 Å². The minimum atomic E-state index is -0.277. The van der Waals surface area contributed by atoms with Crippen LogP contribution >= 0.6 is 0 Å². The zero-order chi connectivity index (χ0) is 22.9. The summed E-state index contributed by atoms with van der Waals surface area (Å²) in [4.78, 5) is 25.1. The van der Waals surface area contributed by atoms with Gasteiger partial charge in [0.25, 0.3) is 11.5 Å². The molecule has 1 amide bonds. The van der Waals surface area contributed by atoms with E-state index in [2.05, 4.69) is 5.32 Å². The summed E-state index contributed by atoms with van der Waals surface area (Å²) < 4.78 is 17.0. The fourth-order valence-corrected chi connectivity index (χ4v) is 3.36.